The van der Waals surface area contributed by atoms with Gasteiger partial charge in [0.1, 0.15) is 5.82 Å². The van der Waals surface area contributed by atoms with E-state index in [2.05, 4.69) is 35.2 Å². The average molecular weight is 415 g/mol. The van der Waals surface area contributed by atoms with Gasteiger partial charge in [-0.1, -0.05) is 54.1 Å². The van der Waals surface area contributed by atoms with E-state index in [-0.39, 0.29) is 30.2 Å². The molecule has 2 aromatic rings. The molecular weight excluding hydrogens is 387 g/mol. The van der Waals surface area contributed by atoms with Crippen LogP contribution in [0.4, 0.5) is 4.39 Å². The monoisotopic (exact) mass is 414 g/mol. The Labute approximate surface area is 178 Å². The maximum absolute atomic E-state index is 13.1. The largest absolute Gasteiger partial charge is 0.341 e. The van der Waals surface area contributed by atoms with E-state index >= 15 is 0 Å². The van der Waals surface area contributed by atoms with Crippen LogP contribution in [0.25, 0.3) is 6.08 Å². The highest BCUT2D eigenvalue weighted by molar-refractivity contribution is 5.85. The Bertz CT molecular complexity index is 828. The number of amides is 1. The van der Waals surface area contributed by atoms with Crippen LogP contribution in [-0.2, 0) is 11.3 Å². The molecule has 0 saturated carbocycles. The minimum absolute atomic E-state index is 0. The highest BCUT2D eigenvalue weighted by Gasteiger charge is 2.34. The van der Waals surface area contributed by atoms with Crippen molar-refractivity contribution in [3.8, 4) is 0 Å². The van der Waals surface area contributed by atoms with Crippen molar-refractivity contribution in [2.24, 2.45) is 0 Å². The molecule has 154 valence electrons. The molecule has 5 heteroatoms. The van der Waals surface area contributed by atoms with Gasteiger partial charge in [0, 0.05) is 19.6 Å². The molecular formula is C24H28ClFN2O. The van der Waals surface area contributed by atoms with E-state index in [0.717, 1.165) is 57.4 Å². The third-order valence-corrected chi connectivity index (χ3v) is 5.84. The van der Waals surface area contributed by atoms with Gasteiger partial charge >= 0.3 is 0 Å². The van der Waals surface area contributed by atoms with Crippen LogP contribution in [-0.4, -0.2) is 41.4 Å². The first-order valence-electron chi connectivity index (χ1n) is 10.2. The fourth-order valence-electron chi connectivity index (χ4n) is 4.28. The molecule has 29 heavy (non-hydrogen) atoms. The Morgan fingerprint density at radius 2 is 1.69 bits per heavy atom. The van der Waals surface area contributed by atoms with E-state index in [4.69, 9.17) is 0 Å². The lowest BCUT2D eigenvalue weighted by molar-refractivity contribution is -0.136. The maximum atomic E-state index is 13.1. The molecule has 3 nitrogen and oxygen atoms in total. The molecule has 1 atom stereocenters. The van der Waals surface area contributed by atoms with Crippen molar-refractivity contribution in [3.05, 3.63) is 77.1 Å². The average Bonchev–Trinajstić information content (AvgIpc) is 3.18. The second-order valence-electron chi connectivity index (χ2n) is 7.79. The molecule has 0 aromatic heterocycles. The number of rotatable bonds is 4. The van der Waals surface area contributed by atoms with Gasteiger partial charge in [-0.2, -0.15) is 0 Å². The summed E-state index contributed by atoms with van der Waals surface area (Å²) in [7, 11) is 0. The summed E-state index contributed by atoms with van der Waals surface area (Å²) in [4.78, 5) is 17.5. The standard InChI is InChI=1S/C24H27FN2O.ClH/c25-22-10-8-19(9-11-22)17-20-12-15-26(16-13-20)24(28)23-7-4-14-27(23)18-21-5-2-1-3-6-21;/h1-3,5-6,8-11,17,23H,4,7,12-16,18H2;1H. The number of nitrogens with zero attached hydrogens (tertiary/aromatic N) is 2. The molecule has 0 spiro atoms. The predicted molar refractivity (Wildman–Crippen MR) is 117 cm³/mol. The maximum Gasteiger partial charge on any atom is 0.239 e. The molecule has 0 N–H and O–H groups in total. The van der Waals surface area contributed by atoms with E-state index in [1.165, 1.54) is 23.3 Å². The van der Waals surface area contributed by atoms with Crippen LogP contribution in [0.5, 0.6) is 0 Å². The van der Waals surface area contributed by atoms with Crippen molar-refractivity contribution >= 4 is 24.4 Å². The summed E-state index contributed by atoms with van der Waals surface area (Å²) in [6, 6.07) is 17.0. The fourth-order valence-corrected chi connectivity index (χ4v) is 4.28. The predicted octanol–water partition coefficient (Wildman–Crippen LogP) is 4.92. The molecule has 1 unspecified atom stereocenters. The molecule has 0 radical (unpaired) electrons. The van der Waals surface area contributed by atoms with Crippen molar-refractivity contribution in [2.45, 2.75) is 38.3 Å². The van der Waals surface area contributed by atoms with E-state index in [9.17, 15) is 9.18 Å². The molecule has 0 aliphatic carbocycles. The van der Waals surface area contributed by atoms with Crippen LogP contribution < -0.4 is 0 Å². The summed E-state index contributed by atoms with van der Waals surface area (Å²) < 4.78 is 13.1. The molecule has 0 bridgehead atoms. The van der Waals surface area contributed by atoms with Gasteiger partial charge in [0.25, 0.3) is 0 Å². The number of hydrogen-bond acceptors (Lipinski definition) is 2. The normalized spacial score (nSPS) is 19.7. The SMILES string of the molecule is Cl.O=C(C1CCCN1Cc1ccccc1)N1CCC(=Cc2ccc(F)cc2)CC1. The van der Waals surface area contributed by atoms with Crippen molar-refractivity contribution in [1.29, 1.82) is 0 Å². The number of halogens is 2. The number of hydrogen-bond donors (Lipinski definition) is 0. The third kappa shape index (κ3) is 5.46. The summed E-state index contributed by atoms with van der Waals surface area (Å²) in [5, 5.41) is 0. The minimum Gasteiger partial charge on any atom is -0.341 e. The van der Waals surface area contributed by atoms with Crippen LogP contribution >= 0.6 is 12.4 Å². The summed E-state index contributed by atoms with van der Waals surface area (Å²) in [5.74, 6) is 0.0773. The number of piperidine rings is 1. The van der Waals surface area contributed by atoms with Crippen molar-refractivity contribution < 1.29 is 9.18 Å². The first-order chi connectivity index (χ1) is 13.7. The van der Waals surface area contributed by atoms with Gasteiger partial charge in [-0.3, -0.25) is 9.69 Å². The number of carbonyl (C=O) groups excluding carboxylic acids is 1. The Morgan fingerprint density at radius 1 is 1.00 bits per heavy atom. The summed E-state index contributed by atoms with van der Waals surface area (Å²) in [6.45, 7) is 3.40. The Kier molecular flexibility index (Phi) is 7.45. The highest BCUT2D eigenvalue weighted by Crippen LogP contribution is 2.25. The molecule has 2 heterocycles. The van der Waals surface area contributed by atoms with E-state index in [1.807, 2.05) is 11.0 Å². The third-order valence-electron chi connectivity index (χ3n) is 5.84. The first-order valence-corrected chi connectivity index (χ1v) is 10.2. The smallest absolute Gasteiger partial charge is 0.239 e. The quantitative estimate of drug-likeness (QED) is 0.709. The van der Waals surface area contributed by atoms with Crippen molar-refractivity contribution in [1.82, 2.24) is 9.80 Å². The van der Waals surface area contributed by atoms with E-state index in [1.54, 1.807) is 12.1 Å². The number of likely N-dealkylation sites (tertiary alicyclic amines) is 2. The zero-order valence-corrected chi connectivity index (χ0v) is 17.4. The first kappa shape index (κ1) is 21.5. The van der Waals surface area contributed by atoms with E-state index < -0.39 is 0 Å². The van der Waals surface area contributed by atoms with Gasteiger partial charge in [0.2, 0.25) is 5.91 Å². The van der Waals surface area contributed by atoms with Gasteiger partial charge in [0.05, 0.1) is 6.04 Å². The molecule has 1 amide bonds. The Hall–Kier alpha value is -2.17. The Morgan fingerprint density at radius 3 is 2.38 bits per heavy atom. The van der Waals surface area contributed by atoms with Crippen LogP contribution in [0, 0.1) is 5.82 Å². The molecule has 2 fully saturated rings. The summed E-state index contributed by atoms with van der Waals surface area (Å²) in [5.41, 5.74) is 3.63. The van der Waals surface area contributed by atoms with Gasteiger partial charge in [-0.05, 0) is 55.5 Å². The van der Waals surface area contributed by atoms with Gasteiger partial charge in [0.15, 0.2) is 0 Å². The Balaban J connectivity index is 0.00000240. The van der Waals surface area contributed by atoms with Crippen molar-refractivity contribution in [2.75, 3.05) is 19.6 Å². The molecule has 4 rings (SSSR count). The van der Waals surface area contributed by atoms with Crippen molar-refractivity contribution in [3.63, 3.8) is 0 Å². The van der Waals surface area contributed by atoms with Crippen LogP contribution in [0.1, 0.15) is 36.8 Å². The lowest BCUT2D eigenvalue weighted by atomic mass is 10.00. The summed E-state index contributed by atoms with van der Waals surface area (Å²) >= 11 is 0. The fraction of sp³-hybridized carbons (Fsp3) is 0.375. The number of benzene rings is 2. The minimum atomic E-state index is -0.209. The molecule has 2 saturated heterocycles. The molecule has 2 aliphatic rings. The van der Waals surface area contributed by atoms with E-state index in [0.29, 0.717) is 0 Å². The van der Waals surface area contributed by atoms with Crippen LogP contribution in [0.2, 0.25) is 0 Å². The highest BCUT2D eigenvalue weighted by atomic mass is 35.5. The summed E-state index contributed by atoms with van der Waals surface area (Å²) in [6.07, 6.45) is 5.98. The van der Waals surface area contributed by atoms with Gasteiger partial charge in [-0.15, -0.1) is 12.4 Å². The lowest BCUT2D eigenvalue weighted by Crippen LogP contribution is -2.47. The molecule has 2 aromatic carbocycles. The number of carbonyl (C=O) groups is 1. The van der Waals surface area contributed by atoms with Gasteiger partial charge < -0.3 is 4.90 Å². The topological polar surface area (TPSA) is 23.6 Å². The zero-order chi connectivity index (χ0) is 19.3. The second kappa shape index (κ2) is 10.0. The van der Waals surface area contributed by atoms with Crippen LogP contribution in [0.15, 0.2) is 60.2 Å². The van der Waals surface area contributed by atoms with Crippen LogP contribution in [0.3, 0.4) is 0 Å². The second-order valence-corrected chi connectivity index (χ2v) is 7.79. The van der Waals surface area contributed by atoms with Gasteiger partial charge in [-0.25, -0.2) is 4.39 Å². The lowest BCUT2D eigenvalue weighted by Gasteiger charge is -2.33. The zero-order valence-electron chi connectivity index (χ0n) is 16.6. The molecule has 2 aliphatic heterocycles.